The fourth-order valence-corrected chi connectivity index (χ4v) is 2.73. The Morgan fingerprint density at radius 3 is 2.45 bits per heavy atom. The minimum absolute atomic E-state index is 0.378. The Bertz CT molecular complexity index is 523. The van der Waals surface area contributed by atoms with Crippen molar-refractivity contribution in [3.05, 3.63) is 21.6 Å². The minimum atomic E-state index is -0.430. The van der Waals surface area contributed by atoms with Gasteiger partial charge in [0.05, 0.1) is 11.2 Å². The summed E-state index contributed by atoms with van der Waals surface area (Å²) in [5.74, 6) is 0.507. The average molecular weight is 311 g/mol. The van der Waals surface area contributed by atoms with Gasteiger partial charge in [-0.25, -0.2) is 4.98 Å². The third kappa shape index (κ3) is 3.00. The van der Waals surface area contributed by atoms with E-state index in [1.54, 1.807) is 5.38 Å². The summed E-state index contributed by atoms with van der Waals surface area (Å²) in [7, 11) is -0.430. The molecule has 0 spiro atoms. The molecule has 0 bridgehead atoms. The van der Waals surface area contributed by atoms with E-state index in [9.17, 15) is 4.79 Å². The second kappa shape index (κ2) is 5.64. The molecule has 0 radical (unpaired) electrons. The predicted molar refractivity (Wildman–Crippen MR) is 85.4 cm³/mol. The normalized spacial score (nSPS) is 21.2. The van der Waals surface area contributed by atoms with E-state index in [1.165, 1.54) is 11.3 Å². The van der Waals surface area contributed by atoms with Gasteiger partial charge in [-0.05, 0) is 39.2 Å². The first-order chi connectivity index (χ1) is 9.29. The molecule has 2 rings (SSSR count). The van der Waals surface area contributed by atoms with Gasteiger partial charge in [-0.2, -0.15) is 12.6 Å². The summed E-state index contributed by atoms with van der Waals surface area (Å²) in [5.41, 5.74) is 0.583. The molecule has 1 saturated heterocycles. The largest absolute Gasteiger partial charge is 0.491 e. The molecule has 0 aromatic carbocycles. The lowest BCUT2D eigenvalue weighted by molar-refractivity contribution is 0.00578. The van der Waals surface area contributed by atoms with Gasteiger partial charge in [0.15, 0.2) is 6.29 Å². The topological polar surface area (TPSA) is 48.4 Å². The zero-order valence-electron chi connectivity index (χ0n) is 12.0. The van der Waals surface area contributed by atoms with Crippen LogP contribution in [0.15, 0.2) is 10.9 Å². The van der Waals surface area contributed by atoms with Crippen molar-refractivity contribution in [2.75, 3.05) is 5.75 Å². The van der Waals surface area contributed by atoms with Gasteiger partial charge in [0, 0.05) is 11.1 Å². The highest BCUT2D eigenvalue weighted by molar-refractivity contribution is 7.80. The van der Waals surface area contributed by atoms with Crippen LogP contribution in [0.25, 0.3) is 6.08 Å². The number of thiol groups is 1. The van der Waals surface area contributed by atoms with Crippen LogP contribution in [-0.2, 0) is 9.31 Å². The Labute approximate surface area is 129 Å². The van der Waals surface area contributed by atoms with Gasteiger partial charge in [-0.1, -0.05) is 0 Å². The first-order valence-corrected chi connectivity index (χ1v) is 7.88. The fourth-order valence-electron chi connectivity index (χ4n) is 1.76. The monoisotopic (exact) mass is 311 g/mol. The molecule has 7 heteroatoms. The van der Waals surface area contributed by atoms with Crippen molar-refractivity contribution in [2.45, 2.75) is 38.9 Å². The van der Waals surface area contributed by atoms with Crippen LogP contribution in [0.5, 0.6) is 0 Å². The molecule has 1 aliphatic rings. The van der Waals surface area contributed by atoms with Crippen LogP contribution < -0.4 is 0 Å². The van der Waals surface area contributed by atoms with Gasteiger partial charge in [0.25, 0.3) is 0 Å². The molecule has 1 aliphatic heterocycles. The molecule has 4 nitrogen and oxygen atoms in total. The van der Waals surface area contributed by atoms with Crippen LogP contribution >= 0.6 is 24.0 Å². The molecule has 0 N–H and O–H groups in total. The number of carbonyl (C=O) groups is 1. The van der Waals surface area contributed by atoms with E-state index in [0.717, 1.165) is 16.8 Å². The molecule has 108 valence electrons. The highest BCUT2D eigenvalue weighted by Gasteiger charge is 2.52. The van der Waals surface area contributed by atoms with Gasteiger partial charge in [0.2, 0.25) is 0 Å². The summed E-state index contributed by atoms with van der Waals surface area (Å²) in [5, 5.41) is 2.48. The number of thiazole rings is 1. The SMILES string of the molecule is CC1(C)OB(C(=Cc2nc(C=O)cs2)CS)OC1(C)C. The first kappa shape index (κ1) is 15.8. The predicted octanol–water partition coefficient (Wildman–Crippen LogP) is 2.90. The molecule has 0 unspecified atom stereocenters. The summed E-state index contributed by atoms with van der Waals surface area (Å²) in [4.78, 5) is 14.9. The molecule has 1 aromatic rings. The molecule has 1 fully saturated rings. The van der Waals surface area contributed by atoms with E-state index in [0.29, 0.717) is 11.4 Å². The van der Waals surface area contributed by atoms with Crippen molar-refractivity contribution in [1.82, 2.24) is 4.98 Å². The molecule has 0 amide bonds. The zero-order valence-corrected chi connectivity index (χ0v) is 13.8. The Kier molecular flexibility index (Phi) is 4.44. The van der Waals surface area contributed by atoms with Crippen LogP contribution in [0.4, 0.5) is 0 Å². The maximum Gasteiger partial charge on any atom is 0.491 e. The third-order valence-electron chi connectivity index (χ3n) is 3.71. The van der Waals surface area contributed by atoms with E-state index in [2.05, 4.69) is 17.6 Å². The molecule has 2 heterocycles. The third-order valence-corrected chi connectivity index (χ3v) is 4.88. The summed E-state index contributed by atoms with van der Waals surface area (Å²) in [6.45, 7) is 8.04. The summed E-state index contributed by atoms with van der Waals surface area (Å²) >= 11 is 5.76. The van der Waals surface area contributed by atoms with Gasteiger partial charge in [-0.3, -0.25) is 4.79 Å². The van der Waals surface area contributed by atoms with Crippen molar-refractivity contribution in [1.29, 1.82) is 0 Å². The quantitative estimate of drug-likeness (QED) is 0.528. The van der Waals surface area contributed by atoms with E-state index in [-0.39, 0.29) is 11.2 Å². The molecular weight excluding hydrogens is 293 g/mol. The van der Waals surface area contributed by atoms with E-state index >= 15 is 0 Å². The van der Waals surface area contributed by atoms with Gasteiger partial charge >= 0.3 is 7.12 Å². The Balaban J connectivity index is 2.23. The molecule has 1 aromatic heterocycles. The molecule has 0 saturated carbocycles. The van der Waals surface area contributed by atoms with Crippen LogP contribution in [0.3, 0.4) is 0 Å². The smallest absolute Gasteiger partial charge is 0.400 e. The van der Waals surface area contributed by atoms with Crippen molar-refractivity contribution >= 4 is 43.4 Å². The van der Waals surface area contributed by atoms with E-state index in [4.69, 9.17) is 9.31 Å². The van der Waals surface area contributed by atoms with Gasteiger partial charge in [-0.15, -0.1) is 11.3 Å². The highest BCUT2D eigenvalue weighted by atomic mass is 32.1. The lowest BCUT2D eigenvalue weighted by Crippen LogP contribution is -2.41. The second-order valence-electron chi connectivity index (χ2n) is 5.69. The minimum Gasteiger partial charge on any atom is -0.400 e. The van der Waals surface area contributed by atoms with Crippen molar-refractivity contribution in [3.8, 4) is 0 Å². The molecule has 0 atom stereocenters. The number of nitrogens with zero attached hydrogens (tertiary/aromatic N) is 1. The highest BCUT2D eigenvalue weighted by Crippen LogP contribution is 2.39. The first-order valence-electron chi connectivity index (χ1n) is 6.37. The van der Waals surface area contributed by atoms with E-state index < -0.39 is 7.12 Å². The molecule has 20 heavy (non-hydrogen) atoms. The number of aldehydes is 1. The number of rotatable bonds is 4. The molecule has 0 aliphatic carbocycles. The zero-order chi connectivity index (χ0) is 15.0. The van der Waals surface area contributed by atoms with Crippen LogP contribution in [-0.4, -0.2) is 35.3 Å². The fraction of sp³-hybridized carbons (Fsp3) is 0.538. The summed E-state index contributed by atoms with van der Waals surface area (Å²) in [6.07, 6.45) is 2.62. The summed E-state index contributed by atoms with van der Waals surface area (Å²) < 4.78 is 12.0. The van der Waals surface area contributed by atoms with Crippen LogP contribution in [0.2, 0.25) is 0 Å². The average Bonchev–Trinajstić information content (AvgIpc) is 2.89. The second-order valence-corrected chi connectivity index (χ2v) is 6.90. The Hall–Kier alpha value is -0.625. The van der Waals surface area contributed by atoms with Crippen molar-refractivity contribution < 1.29 is 14.1 Å². The molecular formula is C13H18BNO3S2. The van der Waals surface area contributed by atoms with E-state index in [1.807, 2.05) is 33.8 Å². The van der Waals surface area contributed by atoms with Crippen molar-refractivity contribution in [2.24, 2.45) is 0 Å². The van der Waals surface area contributed by atoms with Gasteiger partial charge in [0.1, 0.15) is 10.7 Å². The lowest BCUT2D eigenvalue weighted by Gasteiger charge is -2.32. The number of hydrogen-bond acceptors (Lipinski definition) is 6. The van der Waals surface area contributed by atoms with Gasteiger partial charge < -0.3 is 9.31 Å². The number of hydrogen-bond donors (Lipinski definition) is 1. The standard InChI is InChI=1S/C13H18BNO3S2/c1-12(2)13(3,4)18-14(17-12)9(7-19)5-11-15-10(6-16)8-20-11/h5-6,8,19H,7H2,1-4H3. The Morgan fingerprint density at radius 2 is 2.00 bits per heavy atom. The number of carbonyl (C=O) groups excluding carboxylic acids is 1. The lowest BCUT2D eigenvalue weighted by atomic mass is 9.79. The Morgan fingerprint density at radius 1 is 1.40 bits per heavy atom. The number of aromatic nitrogens is 1. The van der Waals surface area contributed by atoms with Crippen LogP contribution in [0.1, 0.15) is 43.2 Å². The maximum atomic E-state index is 10.7. The van der Waals surface area contributed by atoms with Crippen molar-refractivity contribution in [3.63, 3.8) is 0 Å². The maximum absolute atomic E-state index is 10.7. The summed E-state index contributed by atoms with van der Waals surface area (Å²) in [6, 6.07) is 0. The van der Waals surface area contributed by atoms with Crippen LogP contribution in [0, 0.1) is 0 Å².